The van der Waals surface area contributed by atoms with E-state index in [4.69, 9.17) is 0 Å². The van der Waals surface area contributed by atoms with Crippen molar-refractivity contribution >= 4 is 5.69 Å². The second-order valence-corrected chi connectivity index (χ2v) is 5.93. The number of rotatable bonds is 2. The molecule has 3 aromatic carbocycles. The maximum Gasteiger partial charge on any atom is 0.273 e. The highest BCUT2D eigenvalue weighted by Gasteiger charge is 2.33. The molecule has 3 heteroatoms. The fourth-order valence-electron chi connectivity index (χ4n) is 3.55. The Bertz CT molecular complexity index is 885. The van der Waals surface area contributed by atoms with Crippen LogP contribution in [0.4, 0.5) is 5.69 Å². The van der Waals surface area contributed by atoms with Gasteiger partial charge in [0.25, 0.3) is 5.69 Å². The number of benzene rings is 3. The molecule has 0 saturated heterocycles. The zero-order valence-electron chi connectivity index (χ0n) is 12.7. The molecule has 0 amide bonds. The molecule has 0 unspecified atom stereocenters. The smallest absolute Gasteiger partial charge is 0.258 e. The molecule has 0 heterocycles. The van der Waals surface area contributed by atoms with Crippen molar-refractivity contribution in [2.45, 2.75) is 12.8 Å². The lowest BCUT2D eigenvalue weighted by atomic mass is 9.88. The molecule has 3 nitrogen and oxygen atoms in total. The number of nitro groups is 1. The van der Waals surface area contributed by atoms with Gasteiger partial charge in [0.2, 0.25) is 0 Å². The predicted molar refractivity (Wildman–Crippen MR) is 90.7 cm³/mol. The van der Waals surface area contributed by atoms with Crippen LogP contribution in [0.1, 0.15) is 28.2 Å². The molecule has 0 fully saturated rings. The Balaban J connectivity index is 2.02. The van der Waals surface area contributed by atoms with E-state index in [2.05, 4.69) is 24.3 Å². The maximum atomic E-state index is 11.6. The summed E-state index contributed by atoms with van der Waals surface area (Å²) in [5, 5.41) is 11.6. The second-order valence-electron chi connectivity index (χ2n) is 5.93. The van der Waals surface area contributed by atoms with E-state index in [1.165, 1.54) is 11.1 Å². The topological polar surface area (TPSA) is 43.1 Å². The third-order valence-electron chi connectivity index (χ3n) is 4.53. The lowest BCUT2D eigenvalue weighted by Crippen LogP contribution is -2.04. The summed E-state index contributed by atoms with van der Waals surface area (Å²) in [5.74, 6) is -0.0802. The highest BCUT2D eigenvalue weighted by Crippen LogP contribution is 2.49. The van der Waals surface area contributed by atoms with Gasteiger partial charge in [-0.25, -0.2) is 0 Å². The zero-order chi connectivity index (χ0) is 16.0. The van der Waals surface area contributed by atoms with E-state index in [0.29, 0.717) is 0 Å². The monoisotopic (exact) mass is 301 g/mol. The summed E-state index contributed by atoms with van der Waals surface area (Å²) in [5.41, 5.74) is 6.48. The van der Waals surface area contributed by atoms with Crippen LogP contribution in [0.5, 0.6) is 0 Å². The Morgan fingerprint density at radius 1 is 0.826 bits per heavy atom. The van der Waals surface area contributed by atoms with E-state index < -0.39 is 0 Å². The van der Waals surface area contributed by atoms with Gasteiger partial charge in [-0.1, -0.05) is 60.7 Å². The van der Waals surface area contributed by atoms with Crippen molar-refractivity contribution in [3.63, 3.8) is 0 Å². The van der Waals surface area contributed by atoms with Gasteiger partial charge in [-0.2, -0.15) is 0 Å². The molecule has 0 bridgehead atoms. The third kappa shape index (κ3) is 2.05. The molecule has 112 valence electrons. The van der Waals surface area contributed by atoms with E-state index in [9.17, 15) is 10.1 Å². The van der Waals surface area contributed by atoms with E-state index in [1.807, 2.05) is 43.3 Å². The van der Waals surface area contributed by atoms with Crippen LogP contribution in [0, 0.1) is 17.0 Å². The molecular formula is C20H15NO2. The third-order valence-corrected chi connectivity index (χ3v) is 4.53. The standard InChI is InChI=1S/C20H15NO2/c1-13-10-11-18(19(12-13)21(22)23)20-16-8-4-2-6-14(16)15-7-3-5-9-17(15)20/h2-12,20H,1H3. The molecule has 1 aliphatic carbocycles. The van der Waals surface area contributed by atoms with E-state index in [1.54, 1.807) is 6.07 Å². The van der Waals surface area contributed by atoms with Gasteiger partial charge in [0.15, 0.2) is 0 Å². The number of aryl methyl sites for hydroxylation is 1. The lowest BCUT2D eigenvalue weighted by molar-refractivity contribution is -0.385. The average Bonchev–Trinajstić information content (AvgIpc) is 2.89. The SMILES string of the molecule is Cc1ccc(C2c3ccccc3-c3ccccc32)c([N+](=O)[O-])c1. The average molecular weight is 301 g/mol. The van der Waals surface area contributed by atoms with Gasteiger partial charge in [0.05, 0.1) is 4.92 Å². The van der Waals surface area contributed by atoms with Crippen LogP contribution in [0.25, 0.3) is 11.1 Å². The molecular weight excluding hydrogens is 286 g/mol. The van der Waals surface area contributed by atoms with Crippen molar-refractivity contribution < 1.29 is 4.92 Å². The highest BCUT2D eigenvalue weighted by molar-refractivity contribution is 5.81. The molecule has 3 aromatic rings. The largest absolute Gasteiger partial charge is 0.273 e. The lowest BCUT2D eigenvalue weighted by Gasteiger charge is -2.15. The minimum atomic E-state index is -0.272. The molecule has 1 aliphatic rings. The molecule has 23 heavy (non-hydrogen) atoms. The van der Waals surface area contributed by atoms with Crippen LogP contribution in [0.15, 0.2) is 66.7 Å². The van der Waals surface area contributed by atoms with Gasteiger partial charge in [0, 0.05) is 17.5 Å². The molecule has 0 spiro atoms. The second kappa shape index (κ2) is 5.06. The Kier molecular flexibility index (Phi) is 3.01. The number of hydrogen-bond acceptors (Lipinski definition) is 2. The summed E-state index contributed by atoms with van der Waals surface area (Å²) in [6, 6.07) is 21.9. The van der Waals surface area contributed by atoms with Crippen molar-refractivity contribution in [2.75, 3.05) is 0 Å². The van der Waals surface area contributed by atoms with Gasteiger partial charge in [-0.15, -0.1) is 0 Å². The number of nitrogens with zero attached hydrogens (tertiary/aromatic N) is 1. The number of nitro benzene ring substituents is 1. The van der Waals surface area contributed by atoms with Crippen molar-refractivity contribution in [1.29, 1.82) is 0 Å². The molecule has 0 aromatic heterocycles. The summed E-state index contributed by atoms with van der Waals surface area (Å²) in [6.45, 7) is 1.88. The first-order chi connectivity index (χ1) is 11.2. The summed E-state index contributed by atoms with van der Waals surface area (Å²) in [7, 11) is 0. The Hall–Kier alpha value is -2.94. The first kappa shape index (κ1) is 13.7. The van der Waals surface area contributed by atoms with Crippen molar-refractivity contribution in [1.82, 2.24) is 0 Å². The fourth-order valence-corrected chi connectivity index (χ4v) is 3.55. The minimum Gasteiger partial charge on any atom is -0.258 e. The van der Waals surface area contributed by atoms with Crippen LogP contribution in [-0.2, 0) is 0 Å². The van der Waals surface area contributed by atoms with E-state index >= 15 is 0 Å². The highest BCUT2D eigenvalue weighted by atomic mass is 16.6. The predicted octanol–water partition coefficient (Wildman–Crippen LogP) is 5.06. The quantitative estimate of drug-likeness (QED) is 0.383. The Morgan fingerprint density at radius 2 is 1.39 bits per heavy atom. The summed E-state index contributed by atoms with van der Waals surface area (Å²) < 4.78 is 0. The van der Waals surface area contributed by atoms with Gasteiger partial charge in [0.1, 0.15) is 0 Å². The van der Waals surface area contributed by atoms with Gasteiger partial charge in [-0.05, 0) is 34.7 Å². The molecule has 4 rings (SSSR count). The molecule has 0 N–H and O–H groups in total. The Labute approximate surface area is 134 Å². The number of hydrogen-bond donors (Lipinski definition) is 0. The summed E-state index contributed by atoms with van der Waals surface area (Å²) in [6.07, 6.45) is 0. The van der Waals surface area contributed by atoms with Crippen molar-refractivity contribution in [3.8, 4) is 11.1 Å². The minimum absolute atomic E-state index is 0.0802. The molecule has 0 aliphatic heterocycles. The van der Waals surface area contributed by atoms with Crippen LogP contribution < -0.4 is 0 Å². The molecule has 0 atom stereocenters. The van der Waals surface area contributed by atoms with Crippen LogP contribution >= 0.6 is 0 Å². The summed E-state index contributed by atoms with van der Waals surface area (Å²) in [4.78, 5) is 11.3. The summed E-state index contributed by atoms with van der Waals surface area (Å²) >= 11 is 0. The first-order valence-electron chi connectivity index (χ1n) is 7.60. The first-order valence-corrected chi connectivity index (χ1v) is 7.60. The Morgan fingerprint density at radius 3 is 1.96 bits per heavy atom. The van der Waals surface area contributed by atoms with E-state index in [0.717, 1.165) is 22.3 Å². The molecule has 0 saturated carbocycles. The van der Waals surface area contributed by atoms with Gasteiger partial charge < -0.3 is 0 Å². The van der Waals surface area contributed by atoms with Crippen LogP contribution in [-0.4, -0.2) is 4.92 Å². The van der Waals surface area contributed by atoms with Gasteiger partial charge >= 0.3 is 0 Å². The normalized spacial score (nSPS) is 12.7. The van der Waals surface area contributed by atoms with Crippen molar-refractivity contribution in [3.05, 3.63) is 99.1 Å². The maximum absolute atomic E-state index is 11.6. The van der Waals surface area contributed by atoms with Crippen LogP contribution in [0.3, 0.4) is 0 Å². The zero-order valence-corrected chi connectivity index (χ0v) is 12.7. The van der Waals surface area contributed by atoms with E-state index in [-0.39, 0.29) is 16.5 Å². The van der Waals surface area contributed by atoms with Crippen molar-refractivity contribution in [2.24, 2.45) is 0 Å². The molecule has 0 radical (unpaired) electrons. The van der Waals surface area contributed by atoms with Crippen LogP contribution in [0.2, 0.25) is 0 Å². The van der Waals surface area contributed by atoms with Gasteiger partial charge in [-0.3, -0.25) is 10.1 Å². The number of fused-ring (bicyclic) bond motifs is 3. The fraction of sp³-hybridized carbons (Fsp3) is 0.100.